The molecule has 0 radical (unpaired) electrons. The molecular formula is C15H20BrNO5. The molecular weight excluding hydrogens is 354 g/mol. The van der Waals surface area contributed by atoms with Gasteiger partial charge in [-0.3, -0.25) is 0 Å². The van der Waals surface area contributed by atoms with E-state index in [0.29, 0.717) is 4.47 Å². The second kappa shape index (κ2) is 7.49. The smallest absolute Gasteiger partial charge is 0.408 e. The zero-order valence-electron chi connectivity index (χ0n) is 13.0. The van der Waals surface area contributed by atoms with Gasteiger partial charge in [0.25, 0.3) is 0 Å². The van der Waals surface area contributed by atoms with Crippen LogP contribution in [0.5, 0.6) is 5.75 Å². The molecule has 22 heavy (non-hydrogen) atoms. The van der Waals surface area contributed by atoms with Gasteiger partial charge in [-0.15, -0.1) is 0 Å². The van der Waals surface area contributed by atoms with Gasteiger partial charge in [0.1, 0.15) is 17.4 Å². The molecule has 122 valence electrons. The number of carbonyl (C=O) groups excluding carboxylic acids is 2. The van der Waals surface area contributed by atoms with Gasteiger partial charge in [-0.2, -0.15) is 0 Å². The monoisotopic (exact) mass is 373 g/mol. The number of phenolic OH excluding ortho intramolecular Hbond substituents is 1. The Morgan fingerprint density at radius 1 is 1.36 bits per heavy atom. The molecule has 1 aromatic carbocycles. The number of rotatable bonds is 4. The van der Waals surface area contributed by atoms with Gasteiger partial charge in [0, 0.05) is 6.42 Å². The van der Waals surface area contributed by atoms with Crippen molar-refractivity contribution in [2.45, 2.75) is 38.8 Å². The van der Waals surface area contributed by atoms with E-state index in [4.69, 9.17) is 9.47 Å². The van der Waals surface area contributed by atoms with Crippen LogP contribution in [0.4, 0.5) is 4.79 Å². The van der Waals surface area contributed by atoms with E-state index >= 15 is 0 Å². The minimum Gasteiger partial charge on any atom is -0.507 e. The lowest BCUT2D eigenvalue weighted by atomic mass is 10.1. The van der Waals surface area contributed by atoms with E-state index in [9.17, 15) is 14.7 Å². The molecule has 6 nitrogen and oxygen atoms in total. The lowest BCUT2D eigenvalue weighted by molar-refractivity contribution is -0.143. The summed E-state index contributed by atoms with van der Waals surface area (Å²) in [6, 6.07) is 3.95. The van der Waals surface area contributed by atoms with Crippen LogP contribution in [0.25, 0.3) is 0 Å². The highest BCUT2D eigenvalue weighted by molar-refractivity contribution is 9.10. The van der Waals surface area contributed by atoms with Crippen molar-refractivity contribution in [3.05, 3.63) is 28.2 Å². The van der Waals surface area contributed by atoms with Gasteiger partial charge in [-0.05, 0) is 54.4 Å². The number of carbonyl (C=O) groups is 2. The summed E-state index contributed by atoms with van der Waals surface area (Å²) in [4.78, 5) is 23.6. The molecule has 0 spiro atoms. The van der Waals surface area contributed by atoms with Crippen LogP contribution in [0.1, 0.15) is 26.3 Å². The molecule has 0 aliphatic rings. The number of aromatic hydroxyl groups is 1. The van der Waals surface area contributed by atoms with Crippen LogP contribution in [0.2, 0.25) is 0 Å². The summed E-state index contributed by atoms with van der Waals surface area (Å²) in [5, 5.41) is 12.0. The first kappa shape index (κ1) is 18.3. The molecule has 0 bridgehead atoms. The molecule has 1 rings (SSSR count). The number of esters is 1. The van der Waals surface area contributed by atoms with E-state index in [2.05, 4.69) is 21.2 Å². The molecule has 0 saturated carbocycles. The van der Waals surface area contributed by atoms with Crippen molar-refractivity contribution in [2.24, 2.45) is 0 Å². The Hall–Kier alpha value is -1.76. The normalized spacial score (nSPS) is 12.4. The fourth-order valence-electron chi connectivity index (χ4n) is 1.70. The summed E-state index contributed by atoms with van der Waals surface area (Å²) in [6.07, 6.45) is -0.481. The Morgan fingerprint density at radius 2 is 2.00 bits per heavy atom. The van der Waals surface area contributed by atoms with Gasteiger partial charge in [0.05, 0.1) is 11.6 Å². The standard InChI is InChI=1S/C15H20BrNO5/c1-15(2,3)22-14(20)17-11(13(19)21-4)8-9-5-6-12(18)10(16)7-9/h5-7,11,18H,8H2,1-4H3,(H,17,20)/t11-/m1/s1. The summed E-state index contributed by atoms with van der Waals surface area (Å²) in [6.45, 7) is 5.20. The van der Waals surface area contributed by atoms with Crippen LogP contribution in [-0.2, 0) is 20.7 Å². The molecule has 0 heterocycles. The fraction of sp³-hybridized carbons (Fsp3) is 0.467. The SMILES string of the molecule is COC(=O)[C@@H](Cc1ccc(O)c(Br)c1)NC(=O)OC(C)(C)C. The number of hydrogen-bond donors (Lipinski definition) is 2. The number of amides is 1. The van der Waals surface area contributed by atoms with Crippen molar-refractivity contribution in [2.75, 3.05) is 7.11 Å². The lowest BCUT2D eigenvalue weighted by Gasteiger charge is -2.22. The van der Waals surface area contributed by atoms with Gasteiger partial charge in [0.2, 0.25) is 0 Å². The van der Waals surface area contributed by atoms with Crippen molar-refractivity contribution in [3.63, 3.8) is 0 Å². The first-order valence-electron chi connectivity index (χ1n) is 6.67. The fourth-order valence-corrected chi connectivity index (χ4v) is 2.12. The van der Waals surface area contributed by atoms with E-state index in [-0.39, 0.29) is 12.2 Å². The predicted octanol–water partition coefficient (Wildman–Crippen LogP) is 2.76. The van der Waals surface area contributed by atoms with Crippen molar-refractivity contribution in [3.8, 4) is 5.75 Å². The van der Waals surface area contributed by atoms with Crippen LogP contribution in [-0.4, -0.2) is 35.9 Å². The van der Waals surface area contributed by atoms with Crippen LogP contribution >= 0.6 is 15.9 Å². The van der Waals surface area contributed by atoms with Crippen molar-refractivity contribution in [1.82, 2.24) is 5.32 Å². The quantitative estimate of drug-likeness (QED) is 0.792. The van der Waals surface area contributed by atoms with Gasteiger partial charge >= 0.3 is 12.1 Å². The van der Waals surface area contributed by atoms with Crippen LogP contribution < -0.4 is 5.32 Å². The summed E-state index contributed by atoms with van der Waals surface area (Å²) in [5.41, 5.74) is 0.0860. The zero-order valence-corrected chi connectivity index (χ0v) is 14.6. The summed E-state index contributed by atoms with van der Waals surface area (Å²) in [7, 11) is 1.25. The van der Waals surface area contributed by atoms with Gasteiger partial charge < -0.3 is 19.9 Å². The number of benzene rings is 1. The Bertz CT molecular complexity index is 553. The minimum atomic E-state index is -0.878. The van der Waals surface area contributed by atoms with Crippen LogP contribution in [0.15, 0.2) is 22.7 Å². The zero-order chi connectivity index (χ0) is 16.9. The topological polar surface area (TPSA) is 84.9 Å². The van der Waals surface area contributed by atoms with Gasteiger partial charge in [0.15, 0.2) is 0 Å². The minimum absolute atomic E-state index is 0.0958. The molecule has 1 amide bonds. The number of alkyl carbamates (subject to hydrolysis) is 1. The third kappa shape index (κ3) is 5.93. The number of phenols is 1. The van der Waals surface area contributed by atoms with E-state index in [1.165, 1.54) is 13.2 Å². The van der Waals surface area contributed by atoms with Crippen LogP contribution in [0, 0.1) is 0 Å². The highest BCUT2D eigenvalue weighted by Gasteiger charge is 2.25. The van der Waals surface area contributed by atoms with Crippen molar-refractivity contribution >= 4 is 28.0 Å². The van der Waals surface area contributed by atoms with Gasteiger partial charge in [-0.25, -0.2) is 9.59 Å². The molecule has 0 unspecified atom stereocenters. The number of halogens is 1. The first-order valence-corrected chi connectivity index (χ1v) is 7.46. The Morgan fingerprint density at radius 3 is 2.50 bits per heavy atom. The Balaban J connectivity index is 2.82. The van der Waals surface area contributed by atoms with Crippen molar-refractivity contribution < 1.29 is 24.2 Å². The largest absolute Gasteiger partial charge is 0.507 e. The molecule has 0 aromatic heterocycles. The lowest BCUT2D eigenvalue weighted by Crippen LogP contribution is -2.45. The van der Waals surface area contributed by atoms with Gasteiger partial charge in [-0.1, -0.05) is 6.07 Å². The molecule has 1 atom stereocenters. The third-order valence-corrected chi connectivity index (χ3v) is 3.26. The van der Waals surface area contributed by atoms with E-state index in [0.717, 1.165) is 5.56 Å². The molecule has 1 aromatic rings. The van der Waals surface area contributed by atoms with Crippen molar-refractivity contribution in [1.29, 1.82) is 0 Å². The summed E-state index contributed by atoms with van der Waals surface area (Å²) < 4.78 is 10.3. The third-order valence-electron chi connectivity index (χ3n) is 2.63. The highest BCUT2D eigenvalue weighted by Crippen LogP contribution is 2.25. The molecule has 0 fully saturated rings. The van der Waals surface area contributed by atoms with E-state index in [1.807, 2.05) is 0 Å². The summed E-state index contributed by atoms with van der Waals surface area (Å²) in [5.74, 6) is -0.478. The number of hydrogen-bond acceptors (Lipinski definition) is 5. The predicted molar refractivity (Wildman–Crippen MR) is 84.7 cm³/mol. The average Bonchev–Trinajstić information content (AvgIpc) is 2.39. The maximum absolute atomic E-state index is 11.8. The highest BCUT2D eigenvalue weighted by atomic mass is 79.9. The second-order valence-corrected chi connectivity index (χ2v) is 6.57. The van der Waals surface area contributed by atoms with E-state index in [1.54, 1.807) is 32.9 Å². The molecule has 2 N–H and O–H groups in total. The molecule has 7 heteroatoms. The van der Waals surface area contributed by atoms with E-state index < -0.39 is 23.7 Å². The molecule has 0 saturated heterocycles. The number of ether oxygens (including phenoxy) is 2. The summed E-state index contributed by atoms with van der Waals surface area (Å²) >= 11 is 3.20. The molecule has 0 aliphatic carbocycles. The second-order valence-electron chi connectivity index (χ2n) is 5.71. The Kier molecular flexibility index (Phi) is 6.22. The number of methoxy groups -OCH3 is 1. The maximum atomic E-state index is 11.8. The molecule has 0 aliphatic heterocycles. The first-order chi connectivity index (χ1) is 10.1. The van der Waals surface area contributed by atoms with Crippen LogP contribution in [0.3, 0.4) is 0 Å². The average molecular weight is 374 g/mol. The Labute approximate surface area is 137 Å². The number of nitrogens with one attached hydrogen (secondary N) is 1. The maximum Gasteiger partial charge on any atom is 0.408 e.